The van der Waals surface area contributed by atoms with Gasteiger partial charge in [0.15, 0.2) is 5.78 Å². The van der Waals surface area contributed by atoms with E-state index in [9.17, 15) is 14.4 Å². The maximum atomic E-state index is 12.1. The molecular weight excluding hydrogens is 234 g/mol. The summed E-state index contributed by atoms with van der Waals surface area (Å²) in [7, 11) is 0. The van der Waals surface area contributed by atoms with E-state index in [1.54, 1.807) is 0 Å². The van der Waals surface area contributed by atoms with E-state index in [1.165, 1.54) is 13.0 Å². The minimum Gasteiger partial charge on any atom is -0.480 e. The molecule has 0 aromatic heterocycles. The van der Waals surface area contributed by atoms with E-state index in [2.05, 4.69) is 5.32 Å². The smallest absolute Gasteiger partial charge is 0.325 e. The molecule has 5 nitrogen and oxygen atoms in total. The maximum absolute atomic E-state index is 12.1. The summed E-state index contributed by atoms with van der Waals surface area (Å²) in [6, 6.07) is -0.924. The van der Waals surface area contributed by atoms with Gasteiger partial charge in [0.25, 0.3) is 0 Å². The van der Waals surface area contributed by atoms with Crippen LogP contribution in [-0.2, 0) is 14.4 Å². The first-order valence-electron chi connectivity index (χ1n) is 5.65. The molecule has 0 fully saturated rings. The molecular formula is C13H17NO4. The second-order valence-electron chi connectivity index (χ2n) is 5.30. The van der Waals surface area contributed by atoms with Gasteiger partial charge in [-0.2, -0.15) is 0 Å². The molecule has 5 heteroatoms. The standard InChI is InChI=1S/C13H17NO4/c1-7(12(17)18)14-10-6-8(15)5-9(11(10)16)13(2,3)4/h5-7,14H,1-4H3,(H,17,18)/t7-/m0/s1. The Morgan fingerprint density at radius 3 is 2.28 bits per heavy atom. The lowest BCUT2D eigenvalue weighted by atomic mass is 9.80. The van der Waals surface area contributed by atoms with Gasteiger partial charge in [0.05, 0.1) is 5.70 Å². The number of nitrogens with one attached hydrogen (secondary N) is 1. The van der Waals surface area contributed by atoms with Gasteiger partial charge in [-0.3, -0.25) is 14.4 Å². The number of hydrogen-bond acceptors (Lipinski definition) is 4. The highest BCUT2D eigenvalue weighted by Gasteiger charge is 2.31. The van der Waals surface area contributed by atoms with Crippen LogP contribution in [0.15, 0.2) is 23.4 Å². The number of carbonyl (C=O) groups excluding carboxylic acids is 2. The molecule has 1 atom stereocenters. The van der Waals surface area contributed by atoms with Gasteiger partial charge < -0.3 is 10.4 Å². The van der Waals surface area contributed by atoms with Gasteiger partial charge in [-0.05, 0) is 18.4 Å². The Morgan fingerprint density at radius 2 is 1.83 bits per heavy atom. The molecule has 1 rings (SSSR count). The predicted molar refractivity (Wildman–Crippen MR) is 65.9 cm³/mol. The third-order valence-corrected chi connectivity index (χ3v) is 2.61. The molecule has 0 aliphatic heterocycles. The molecule has 0 spiro atoms. The van der Waals surface area contributed by atoms with Gasteiger partial charge in [-0.25, -0.2) is 0 Å². The maximum Gasteiger partial charge on any atom is 0.325 e. The van der Waals surface area contributed by atoms with E-state index in [4.69, 9.17) is 5.11 Å². The zero-order valence-corrected chi connectivity index (χ0v) is 10.9. The molecule has 0 saturated carbocycles. The fourth-order valence-corrected chi connectivity index (χ4v) is 1.56. The summed E-state index contributed by atoms with van der Waals surface area (Å²) in [5, 5.41) is 11.3. The van der Waals surface area contributed by atoms with Crippen LogP contribution >= 0.6 is 0 Å². The minimum atomic E-state index is -1.08. The molecule has 0 unspecified atom stereocenters. The highest BCUT2D eigenvalue weighted by atomic mass is 16.4. The van der Waals surface area contributed by atoms with Crippen molar-refractivity contribution in [1.82, 2.24) is 5.32 Å². The van der Waals surface area contributed by atoms with Gasteiger partial charge in [-0.1, -0.05) is 20.8 Å². The van der Waals surface area contributed by atoms with Crippen molar-refractivity contribution >= 4 is 17.5 Å². The number of Topliss-reactive ketones (excluding diaryl/α,β-unsaturated/α-hetero) is 1. The zero-order chi connectivity index (χ0) is 14.1. The molecule has 0 heterocycles. The molecule has 0 aromatic rings. The van der Waals surface area contributed by atoms with Crippen LogP contribution in [0.5, 0.6) is 0 Å². The van der Waals surface area contributed by atoms with Crippen LogP contribution in [0.4, 0.5) is 0 Å². The first-order chi connectivity index (χ1) is 8.12. The van der Waals surface area contributed by atoms with Crippen molar-refractivity contribution in [3.63, 3.8) is 0 Å². The molecule has 0 saturated heterocycles. The van der Waals surface area contributed by atoms with Crippen molar-refractivity contribution in [2.24, 2.45) is 5.41 Å². The Labute approximate surface area is 106 Å². The van der Waals surface area contributed by atoms with Gasteiger partial charge in [0.1, 0.15) is 6.04 Å². The van der Waals surface area contributed by atoms with Crippen LogP contribution < -0.4 is 5.32 Å². The number of carboxylic acids is 1. The van der Waals surface area contributed by atoms with Crippen LogP contribution in [0, 0.1) is 5.41 Å². The molecule has 0 radical (unpaired) electrons. The van der Waals surface area contributed by atoms with Crippen LogP contribution in [0.1, 0.15) is 27.7 Å². The number of carboxylic acid groups (broad SMARTS) is 1. The van der Waals surface area contributed by atoms with E-state index in [-0.39, 0.29) is 17.3 Å². The second-order valence-corrected chi connectivity index (χ2v) is 5.30. The van der Waals surface area contributed by atoms with Gasteiger partial charge in [-0.15, -0.1) is 0 Å². The van der Waals surface area contributed by atoms with E-state index in [1.807, 2.05) is 20.8 Å². The van der Waals surface area contributed by atoms with Gasteiger partial charge >= 0.3 is 5.97 Å². The summed E-state index contributed by atoms with van der Waals surface area (Å²) >= 11 is 0. The SMILES string of the molecule is C[C@H](NC1=CC(=O)C=C(C(C)(C)C)C1=O)C(=O)O. The van der Waals surface area contributed by atoms with Crippen LogP contribution in [0.2, 0.25) is 0 Å². The number of carbonyl (C=O) groups is 3. The number of ketones is 2. The average molecular weight is 251 g/mol. The third-order valence-electron chi connectivity index (χ3n) is 2.61. The summed E-state index contributed by atoms with van der Waals surface area (Å²) in [5.41, 5.74) is -0.0298. The highest BCUT2D eigenvalue weighted by molar-refractivity contribution is 6.20. The normalized spacial score (nSPS) is 18.0. The zero-order valence-electron chi connectivity index (χ0n) is 10.9. The minimum absolute atomic E-state index is 0.0438. The van der Waals surface area contributed by atoms with Gasteiger partial charge in [0.2, 0.25) is 5.78 Å². The Kier molecular flexibility index (Phi) is 3.74. The first kappa shape index (κ1) is 14.2. The number of aliphatic carboxylic acids is 1. The Bertz CT molecular complexity index is 466. The molecule has 0 bridgehead atoms. The van der Waals surface area contributed by atoms with Crippen LogP contribution in [0.25, 0.3) is 0 Å². The largest absolute Gasteiger partial charge is 0.480 e. The first-order valence-corrected chi connectivity index (χ1v) is 5.65. The Morgan fingerprint density at radius 1 is 1.28 bits per heavy atom. The Balaban J connectivity index is 3.00. The molecule has 1 aliphatic carbocycles. The van der Waals surface area contributed by atoms with Crippen molar-refractivity contribution < 1.29 is 19.5 Å². The van der Waals surface area contributed by atoms with Crippen molar-refractivity contribution in [3.8, 4) is 0 Å². The van der Waals surface area contributed by atoms with E-state index in [0.29, 0.717) is 5.57 Å². The van der Waals surface area contributed by atoms with Gasteiger partial charge in [0, 0.05) is 11.6 Å². The molecule has 1 aliphatic rings. The van der Waals surface area contributed by atoms with E-state index >= 15 is 0 Å². The topological polar surface area (TPSA) is 83.5 Å². The predicted octanol–water partition coefficient (Wildman–Crippen LogP) is 1.06. The van der Waals surface area contributed by atoms with E-state index < -0.39 is 17.4 Å². The third kappa shape index (κ3) is 3.06. The van der Waals surface area contributed by atoms with E-state index in [0.717, 1.165) is 6.08 Å². The van der Waals surface area contributed by atoms with Crippen LogP contribution in [0.3, 0.4) is 0 Å². The Hall–Kier alpha value is -1.91. The quantitative estimate of drug-likeness (QED) is 0.733. The summed E-state index contributed by atoms with van der Waals surface area (Å²) in [5.74, 6) is -1.71. The average Bonchev–Trinajstić information content (AvgIpc) is 2.21. The lowest BCUT2D eigenvalue weighted by Crippen LogP contribution is -2.38. The van der Waals surface area contributed by atoms with Crippen LogP contribution in [-0.4, -0.2) is 28.7 Å². The number of allylic oxidation sites excluding steroid dienone is 3. The fourth-order valence-electron chi connectivity index (χ4n) is 1.56. The molecule has 0 aromatic carbocycles. The molecule has 0 amide bonds. The van der Waals surface area contributed by atoms with Crippen molar-refractivity contribution in [2.45, 2.75) is 33.7 Å². The summed E-state index contributed by atoms with van der Waals surface area (Å²) < 4.78 is 0. The summed E-state index contributed by atoms with van der Waals surface area (Å²) in [6.07, 6.45) is 2.44. The molecule has 2 N–H and O–H groups in total. The molecule has 98 valence electrons. The highest BCUT2D eigenvalue weighted by Crippen LogP contribution is 2.29. The lowest BCUT2D eigenvalue weighted by molar-refractivity contribution is -0.138. The van der Waals surface area contributed by atoms with Crippen molar-refractivity contribution in [2.75, 3.05) is 0 Å². The molecule has 18 heavy (non-hydrogen) atoms. The lowest BCUT2D eigenvalue weighted by Gasteiger charge is -2.25. The summed E-state index contributed by atoms with van der Waals surface area (Å²) in [4.78, 5) is 34.4. The summed E-state index contributed by atoms with van der Waals surface area (Å²) in [6.45, 7) is 6.89. The second kappa shape index (κ2) is 4.76. The number of rotatable bonds is 3. The monoisotopic (exact) mass is 251 g/mol. The fraction of sp³-hybridized carbons (Fsp3) is 0.462. The number of hydrogen-bond donors (Lipinski definition) is 2. The van der Waals surface area contributed by atoms with Crippen molar-refractivity contribution in [1.29, 1.82) is 0 Å². The van der Waals surface area contributed by atoms with Crippen molar-refractivity contribution in [3.05, 3.63) is 23.4 Å².